The maximum atomic E-state index is 5.44. The van der Waals surface area contributed by atoms with Crippen LogP contribution in [0.3, 0.4) is 0 Å². The van der Waals surface area contributed by atoms with Crippen molar-refractivity contribution >= 4 is 0 Å². The summed E-state index contributed by atoms with van der Waals surface area (Å²) in [5.74, 6) is 2.42. The fourth-order valence-electron chi connectivity index (χ4n) is 3.82. The van der Waals surface area contributed by atoms with Gasteiger partial charge in [0.05, 0.1) is 6.61 Å². The number of ether oxygens (including phenoxy) is 1. The monoisotopic (exact) mass is 240 g/mol. The van der Waals surface area contributed by atoms with E-state index >= 15 is 0 Å². The summed E-state index contributed by atoms with van der Waals surface area (Å²) in [5, 5.41) is 3.55. The molecule has 2 saturated heterocycles. The molecule has 0 saturated carbocycles. The summed E-state index contributed by atoms with van der Waals surface area (Å²) in [6.07, 6.45) is 1.27. The van der Waals surface area contributed by atoms with Crippen LogP contribution in [0.25, 0.3) is 0 Å². The van der Waals surface area contributed by atoms with Crippen LogP contribution in [0.1, 0.15) is 27.2 Å². The molecule has 100 valence electrons. The van der Waals surface area contributed by atoms with Gasteiger partial charge in [0.15, 0.2) is 0 Å². The number of rotatable bonds is 5. The summed E-state index contributed by atoms with van der Waals surface area (Å²) in [6, 6.07) is 1.35. The first-order valence-corrected chi connectivity index (χ1v) is 7.14. The van der Waals surface area contributed by atoms with Crippen LogP contribution in [0.5, 0.6) is 0 Å². The van der Waals surface area contributed by atoms with Crippen LogP contribution < -0.4 is 5.32 Å². The van der Waals surface area contributed by atoms with E-state index in [4.69, 9.17) is 4.74 Å². The SMILES string of the molecule is CCC1C2CNCC2CN1C(COC)C(C)C. The van der Waals surface area contributed by atoms with E-state index in [1.807, 2.05) is 7.11 Å². The summed E-state index contributed by atoms with van der Waals surface area (Å²) in [5.41, 5.74) is 0. The second-order valence-corrected chi connectivity index (χ2v) is 6.02. The Hall–Kier alpha value is -0.120. The highest BCUT2D eigenvalue weighted by molar-refractivity contribution is 5.00. The minimum absolute atomic E-state index is 0.593. The first-order chi connectivity index (χ1) is 8.19. The topological polar surface area (TPSA) is 24.5 Å². The molecule has 0 spiro atoms. The molecule has 2 rings (SSSR count). The van der Waals surface area contributed by atoms with Gasteiger partial charge in [-0.15, -0.1) is 0 Å². The number of likely N-dealkylation sites (tertiary alicyclic amines) is 1. The highest BCUT2D eigenvalue weighted by Gasteiger charge is 2.45. The number of fused-ring (bicyclic) bond motifs is 1. The Morgan fingerprint density at radius 2 is 2.12 bits per heavy atom. The summed E-state index contributed by atoms with van der Waals surface area (Å²) < 4.78 is 5.44. The zero-order valence-electron chi connectivity index (χ0n) is 11.8. The van der Waals surface area contributed by atoms with E-state index in [9.17, 15) is 0 Å². The lowest BCUT2D eigenvalue weighted by Crippen LogP contribution is -2.47. The molecule has 0 amide bonds. The summed E-state index contributed by atoms with van der Waals surface area (Å²) in [7, 11) is 1.83. The van der Waals surface area contributed by atoms with Crippen molar-refractivity contribution in [3.05, 3.63) is 0 Å². The van der Waals surface area contributed by atoms with E-state index < -0.39 is 0 Å². The van der Waals surface area contributed by atoms with Crippen molar-refractivity contribution in [1.82, 2.24) is 10.2 Å². The van der Waals surface area contributed by atoms with Crippen LogP contribution in [-0.4, -0.2) is 50.3 Å². The molecule has 4 atom stereocenters. The first kappa shape index (κ1) is 13.3. The predicted octanol–water partition coefficient (Wildman–Crippen LogP) is 1.59. The molecule has 0 aromatic rings. The molecule has 4 unspecified atom stereocenters. The molecule has 0 radical (unpaired) electrons. The zero-order valence-corrected chi connectivity index (χ0v) is 11.8. The minimum atomic E-state index is 0.593. The van der Waals surface area contributed by atoms with E-state index in [0.29, 0.717) is 12.0 Å². The molecule has 0 aliphatic carbocycles. The van der Waals surface area contributed by atoms with Gasteiger partial charge in [-0.3, -0.25) is 4.90 Å². The maximum Gasteiger partial charge on any atom is 0.0620 e. The maximum absolute atomic E-state index is 5.44. The van der Waals surface area contributed by atoms with Crippen molar-refractivity contribution in [2.24, 2.45) is 17.8 Å². The van der Waals surface area contributed by atoms with Gasteiger partial charge in [0, 0.05) is 25.7 Å². The van der Waals surface area contributed by atoms with E-state index in [1.165, 1.54) is 26.1 Å². The molecule has 2 fully saturated rings. The van der Waals surface area contributed by atoms with Crippen LogP contribution in [0.4, 0.5) is 0 Å². The van der Waals surface area contributed by atoms with Gasteiger partial charge in [0.1, 0.15) is 0 Å². The van der Waals surface area contributed by atoms with Gasteiger partial charge in [-0.05, 0) is 37.3 Å². The molecule has 0 bridgehead atoms. The second kappa shape index (κ2) is 5.68. The van der Waals surface area contributed by atoms with Crippen LogP contribution >= 0.6 is 0 Å². The Bertz CT molecular complexity index is 242. The van der Waals surface area contributed by atoms with Gasteiger partial charge >= 0.3 is 0 Å². The average molecular weight is 240 g/mol. The van der Waals surface area contributed by atoms with Crippen molar-refractivity contribution in [2.45, 2.75) is 39.3 Å². The van der Waals surface area contributed by atoms with Crippen LogP contribution in [-0.2, 0) is 4.74 Å². The van der Waals surface area contributed by atoms with Crippen LogP contribution in [0, 0.1) is 17.8 Å². The Morgan fingerprint density at radius 1 is 1.35 bits per heavy atom. The Morgan fingerprint density at radius 3 is 2.71 bits per heavy atom. The van der Waals surface area contributed by atoms with Crippen molar-refractivity contribution in [3.63, 3.8) is 0 Å². The van der Waals surface area contributed by atoms with Crippen LogP contribution in [0.2, 0.25) is 0 Å². The number of hydrogen-bond acceptors (Lipinski definition) is 3. The highest BCUT2D eigenvalue weighted by Crippen LogP contribution is 2.36. The summed E-state index contributed by atoms with van der Waals surface area (Å²) in [6.45, 7) is 11.6. The number of nitrogens with zero attached hydrogens (tertiary/aromatic N) is 1. The number of hydrogen-bond donors (Lipinski definition) is 1. The standard InChI is InChI=1S/C14H28N2O/c1-5-13-12-7-15-6-11(12)8-16(13)14(9-17-4)10(2)3/h10-15H,5-9H2,1-4H3. The highest BCUT2D eigenvalue weighted by atomic mass is 16.5. The largest absolute Gasteiger partial charge is 0.383 e. The quantitative estimate of drug-likeness (QED) is 0.790. The molecule has 2 aliphatic heterocycles. The lowest BCUT2D eigenvalue weighted by atomic mass is 9.92. The molecule has 2 aliphatic rings. The van der Waals surface area contributed by atoms with Gasteiger partial charge in [0.2, 0.25) is 0 Å². The van der Waals surface area contributed by atoms with Crippen molar-refractivity contribution in [3.8, 4) is 0 Å². The smallest absolute Gasteiger partial charge is 0.0620 e. The average Bonchev–Trinajstić information content (AvgIpc) is 2.84. The molecule has 3 nitrogen and oxygen atoms in total. The summed E-state index contributed by atoms with van der Waals surface area (Å²) >= 11 is 0. The Kier molecular flexibility index (Phi) is 4.45. The van der Waals surface area contributed by atoms with E-state index in [-0.39, 0.29) is 0 Å². The van der Waals surface area contributed by atoms with E-state index in [0.717, 1.165) is 24.5 Å². The van der Waals surface area contributed by atoms with Gasteiger partial charge in [-0.2, -0.15) is 0 Å². The lowest BCUT2D eigenvalue weighted by Gasteiger charge is -2.36. The number of nitrogens with one attached hydrogen (secondary N) is 1. The molecule has 17 heavy (non-hydrogen) atoms. The summed E-state index contributed by atoms with van der Waals surface area (Å²) in [4.78, 5) is 2.74. The molecule has 0 aromatic carbocycles. The van der Waals surface area contributed by atoms with Gasteiger partial charge in [-0.25, -0.2) is 0 Å². The number of methoxy groups -OCH3 is 1. The fourth-order valence-corrected chi connectivity index (χ4v) is 3.82. The van der Waals surface area contributed by atoms with E-state index in [2.05, 4.69) is 31.0 Å². The van der Waals surface area contributed by atoms with Gasteiger partial charge < -0.3 is 10.1 Å². The molecular weight excluding hydrogens is 212 g/mol. The van der Waals surface area contributed by atoms with Gasteiger partial charge in [0.25, 0.3) is 0 Å². The van der Waals surface area contributed by atoms with Crippen LogP contribution in [0.15, 0.2) is 0 Å². The minimum Gasteiger partial charge on any atom is -0.383 e. The van der Waals surface area contributed by atoms with Crippen molar-refractivity contribution in [1.29, 1.82) is 0 Å². The lowest BCUT2D eigenvalue weighted by molar-refractivity contribution is 0.0477. The molecular formula is C14H28N2O. The Balaban J connectivity index is 2.08. The molecule has 2 heterocycles. The van der Waals surface area contributed by atoms with Crippen molar-refractivity contribution < 1.29 is 4.74 Å². The third-order valence-corrected chi connectivity index (χ3v) is 4.71. The second-order valence-electron chi connectivity index (χ2n) is 6.02. The Labute approximate surface area is 106 Å². The first-order valence-electron chi connectivity index (χ1n) is 7.14. The molecule has 3 heteroatoms. The molecule has 0 aromatic heterocycles. The zero-order chi connectivity index (χ0) is 12.4. The van der Waals surface area contributed by atoms with Gasteiger partial charge in [-0.1, -0.05) is 20.8 Å². The normalized spacial score (nSPS) is 35.5. The molecule has 1 N–H and O–H groups in total. The third kappa shape index (κ3) is 2.51. The predicted molar refractivity (Wildman–Crippen MR) is 71.1 cm³/mol. The van der Waals surface area contributed by atoms with Crippen molar-refractivity contribution in [2.75, 3.05) is 33.4 Å². The van der Waals surface area contributed by atoms with E-state index in [1.54, 1.807) is 0 Å². The third-order valence-electron chi connectivity index (χ3n) is 4.71. The fraction of sp³-hybridized carbons (Fsp3) is 1.00.